The Balaban J connectivity index is 2.12. The van der Waals surface area contributed by atoms with E-state index in [4.69, 9.17) is 11.6 Å². The summed E-state index contributed by atoms with van der Waals surface area (Å²) >= 11 is 7.02. The summed E-state index contributed by atoms with van der Waals surface area (Å²) in [5.41, 5.74) is 1.47. The summed E-state index contributed by atoms with van der Waals surface area (Å²) < 4.78 is 0. The van der Waals surface area contributed by atoms with Gasteiger partial charge in [0.15, 0.2) is 10.3 Å². The number of nitrogens with zero attached hydrogens (tertiary/aromatic N) is 2. The molecule has 2 aromatic rings. The Morgan fingerprint density at radius 3 is 2.95 bits per heavy atom. The lowest BCUT2D eigenvalue weighted by Crippen LogP contribution is -2.19. The Bertz CT molecular complexity index is 619. The van der Waals surface area contributed by atoms with Gasteiger partial charge in [-0.2, -0.15) is 0 Å². The van der Waals surface area contributed by atoms with Gasteiger partial charge in [0.25, 0.3) is 0 Å². The minimum atomic E-state index is -1.10. The molecule has 0 aliphatic heterocycles. The second-order valence-corrected chi connectivity index (χ2v) is 5.90. The molecule has 0 amide bonds. The van der Waals surface area contributed by atoms with Crippen LogP contribution in [0.15, 0.2) is 12.5 Å². The largest absolute Gasteiger partial charge is 0.390 e. The molecule has 0 saturated carbocycles. The van der Waals surface area contributed by atoms with Gasteiger partial charge in [-0.1, -0.05) is 23.4 Å². The van der Waals surface area contributed by atoms with Crippen molar-refractivity contribution < 1.29 is 15.0 Å². The smallest absolute Gasteiger partial charge is 0.185 e. The molecule has 0 spiro atoms. The molecular formula is C12H14ClN3O3S. The predicted octanol–water partition coefficient (Wildman–Crippen LogP) is 1.68. The van der Waals surface area contributed by atoms with Gasteiger partial charge in [-0.15, -0.1) is 0 Å². The lowest BCUT2D eigenvalue weighted by molar-refractivity contribution is -0.109. The zero-order valence-electron chi connectivity index (χ0n) is 10.7. The molecule has 0 aliphatic carbocycles. The van der Waals surface area contributed by atoms with Crippen LogP contribution in [0.1, 0.15) is 25.0 Å². The zero-order valence-corrected chi connectivity index (χ0v) is 12.3. The number of nitrogens with one attached hydrogen (secondary N) is 1. The van der Waals surface area contributed by atoms with Gasteiger partial charge < -0.3 is 15.2 Å². The van der Waals surface area contributed by atoms with Crippen LogP contribution in [-0.2, 0) is 4.79 Å². The fraction of sp³-hybridized carbons (Fsp3) is 0.417. The molecule has 0 saturated heterocycles. The van der Waals surface area contributed by atoms with Crippen molar-refractivity contribution in [3.05, 3.63) is 23.2 Å². The Morgan fingerprint density at radius 1 is 1.50 bits per heavy atom. The molecule has 0 aromatic carbocycles. The molecule has 2 atom stereocenters. The van der Waals surface area contributed by atoms with Gasteiger partial charge in [0.1, 0.15) is 17.9 Å². The minimum absolute atomic E-state index is 0.0155. The number of aliphatic hydroxyl groups excluding tert-OH is 2. The Kier molecular flexibility index (Phi) is 4.98. The molecule has 2 aromatic heterocycles. The molecule has 108 valence electrons. The van der Waals surface area contributed by atoms with Gasteiger partial charge in [-0.3, -0.25) is 4.79 Å². The first-order valence-corrected chi connectivity index (χ1v) is 7.34. The number of rotatable bonds is 5. The van der Waals surface area contributed by atoms with E-state index in [2.05, 4.69) is 15.0 Å². The Labute approximate surface area is 124 Å². The van der Waals surface area contributed by atoms with Crippen LogP contribution in [0.25, 0.3) is 11.0 Å². The average Bonchev–Trinajstić information content (AvgIpc) is 2.82. The highest BCUT2D eigenvalue weighted by Gasteiger charge is 2.23. The maximum absolute atomic E-state index is 10.8. The number of aromatic nitrogens is 3. The molecular weight excluding hydrogens is 302 g/mol. The van der Waals surface area contributed by atoms with Gasteiger partial charge in [0.2, 0.25) is 0 Å². The van der Waals surface area contributed by atoms with E-state index >= 15 is 0 Å². The summed E-state index contributed by atoms with van der Waals surface area (Å²) in [5.74, 6) is 0.450. The van der Waals surface area contributed by atoms with Crippen molar-refractivity contribution in [3.8, 4) is 0 Å². The van der Waals surface area contributed by atoms with Gasteiger partial charge in [-0.05, 0) is 6.42 Å². The third-order valence-electron chi connectivity index (χ3n) is 2.85. The van der Waals surface area contributed by atoms with Crippen LogP contribution in [0.2, 0.25) is 5.15 Å². The number of thioether (sulfide) groups is 1. The van der Waals surface area contributed by atoms with Crippen molar-refractivity contribution in [3.63, 3.8) is 0 Å². The summed E-state index contributed by atoms with van der Waals surface area (Å²) in [4.78, 5) is 21.6. The normalized spacial score (nSPS) is 14.4. The summed E-state index contributed by atoms with van der Waals surface area (Å²) in [6.07, 6.45) is 1.08. The first-order chi connectivity index (χ1) is 9.50. The van der Waals surface area contributed by atoms with E-state index in [1.807, 2.05) is 0 Å². The SMILES string of the molecule is CC(=O)SCCC(O)C(O)c1c[nH]c2c(Cl)ncnc12. The second-order valence-electron chi connectivity index (χ2n) is 4.27. The maximum atomic E-state index is 10.8. The standard InChI is InChI=1S/C12H14ClN3O3S/c1-6(17)20-3-2-8(18)11(19)7-4-14-10-9(7)15-5-16-12(10)13/h4-5,8,11,14,18-19H,2-3H2,1H3. The van der Waals surface area contributed by atoms with Crippen LogP contribution < -0.4 is 0 Å². The predicted molar refractivity (Wildman–Crippen MR) is 77.6 cm³/mol. The highest BCUT2D eigenvalue weighted by atomic mass is 35.5. The van der Waals surface area contributed by atoms with Crippen molar-refractivity contribution in [2.24, 2.45) is 0 Å². The summed E-state index contributed by atoms with van der Waals surface area (Å²) in [5, 5.41) is 20.4. The van der Waals surface area contributed by atoms with Crippen molar-refractivity contribution in [2.75, 3.05) is 5.75 Å². The number of H-pyrrole nitrogens is 1. The van der Waals surface area contributed by atoms with E-state index in [1.54, 1.807) is 6.20 Å². The molecule has 0 aliphatic rings. The van der Waals surface area contributed by atoms with Gasteiger partial charge >= 0.3 is 0 Å². The first-order valence-electron chi connectivity index (χ1n) is 5.97. The monoisotopic (exact) mass is 315 g/mol. The van der Waals surface area contributed by atoms with E-state index in [9.17, 15) is 15.0 Å². The topological polar surface area (TPSA) is 99.1 Å². The van der Waals surface area contributed by atoms with Crippen LogP contribution in [0, 0.1) is 0 Å². The minimum Gasteiger partial charge on any atom is -0.390 e. The molecule has 2 rings (SSSR count). The highest BCUT2D eigenvalue weighted by molar-refractivity contribution is 8.13. The molecule has 3 N–H and O–H groups in total. The molecule has 6 nitrogen and oxygen atoms in total. The number of aliphatic hydroxyl groups is 2. The number of halogens is 1. The van der Waals surface area contributed by atoms with Crippen LogP contribution in [0.3, 0.4) is 0 Å². The van der Waals surface area contributed by atoms with Gasteiger partial charge in [0, 0.05) is 24.4 Å². The van der Waals surface area contributed by atoms with Crippen molar-refractivity contribution >= 4 is 39.5 Å². The van der Waals surface area contributed by atoms with Crippen LogP contribution in [0.5, 0.6) is 0 Å². The van der Waals surface area contributed by atoms with E-state index in [-0.39, 0.29) is 10.3 Å². The number of carbonyl (C=O) groups is 1. The lowest BCUT2D eigenvalue weighted by atomic mass is 10.0. The van der Waals surface area contributed by atoms with Crippen LogP contribution in [0.4, 0.5) is 0 Å². The number of hydrogen-bond acceptors (Lipinski definition) is 6. The van der Waals surface area contributed by atoms with E-state index in [1.165, 1.54) is 13.3 Å². The molecule has 20 heavy (non-hydrogen) atoms. The first kappa shape index (κ1) is 15.2. The molecule has 2 unspecified atom stereocenters. The quantitative estimate of drug-likeness (QED) is 0.726. The highest BCUT2D eigenvalue weighted by Crippen LogP contribution is 2.28. The Morgan fingerprint density at radius 2 is 2.25 bits per heavy atom. The summed E-state index contributed by atoms with van der Waals surface area (Å²) in [6, 6.07) is 0. The van der Waals surface area contributed by atoms with Gasteiger partial charge in [-0.25, -0.2) is 9.97 Å². The Hall–Kier alpha value is -1.15. The fourth-order valence-electron chi connectivity index (χ4n) is 1.84. The molecule has 2 heterocycles. The molecule has 0 radical (unpaired) electrons. The van der Waals surface area contributed by atoms with E-state index in [0.29, 0.717) is 28.8 Å². The van der Waals surface area contributed by atoms with Crippen molar-refractivity contribution in [1.82, 2.24) is 15.0 Å². The summed E-state index contributed by atoms with van der Waals surface area (Å²) in [6.45, 7) is 1.46. The third kappa shape index (κ3) is 3.29. The van der Waals surface area contributed by atoms with E-state index < -0.39 is 12.2 Å². The van der Waals surface area contributed by atoms with Crippen LogP contribution in [-0.4, -0.2) is 42.1 Å². The number of aromatic amines is 1. The number of carbonyl (C=O) groups excluding carboxylic acids is 1. The summed E-state index contributed by atoms with van der Waals surface area (Å²) in [7, 11) is 0. The maximum Gasteiger partial charge on any atom is 0.185 e. The zero-order chi connectivity index (χ0) is 14.7. The third-order valence-corrected chi connectivity index (χ3v) is 3.98. The average molecular weight is 316 g/mol. The van der Waals surface area contributed by atoms with Crippen molar-refractivity contribution in [2.45, 2.75) is 25.6 Å². The van der Waals surface area contributed by atoms with Crippen LogP contribution >= 0.6 is 23.4 Å². The number of hydrogen-bond donors (Lipinski definition) is 3. The molecule has 0 bridgehead atoms. The van der Waals surface area contributed by atoms with Crippen molar-refractivity contribution in [1.29, 1.82) is 0 Å². The van der Waals surface area contributed by atoms with Gasteiger partial charge in [0.05, 0.1) is 11.6 Å². The lowest BCUT2D eigenvalue weighted by Gasteiger charge is -2.16. The number of fused-ring (bicyclic) bond motifs is 1. The second kappa shape index (κ2) is 6.53. The fourth-order valence-corrected chi connectivity index (χ4v) is 2.68. The van der Waals surface area contributed by atoms with E-state index in [0.717, 1.165) is 11.8 Å². The molecule has 8 heteroatoms. The molecule has 0 fully saturated rings.